The number of ether oxygens (including phenoxy) is 1. The summed E-state index contributed by atoms with van der Waals surface area (Å²) >= 11 is 1.32. The molecule has 1 aliphatic rings. The molecule has 1 fully saturated rings. The minimum absolute atomic E-state index is 0.104. The number of benzene rings is 2. The Hall–Kier alpha value is -3.46. The third-order valence-corrected chi connectivity index (χ3v) is 5.73. The first kappa shape index (κ1) is 19.8. The van der Waals surface area contributed by atoms with E-state index in [0.29, 0.717) is 28.8 Å². The number of carbonyl (C=O) groups excluding carboxylic acids is 3. The van der Waals surface area contributed by atoms with Crippen molar-refractivity contribution < 1.29 is 19.1 Å². The van der Waals surface area contributed by atoms with Crippen LogP contribution in [0.3, 0.4) is 0 Å². The number of aromatic nitrogens is 1. The molecule has 0 saturated carbocycles. The molecule has 9 heteroatoms. The summed E-state index contributed by atoms with van der Waals surface area (Å²) < 4.78 is 6.06. The second-order valence-corrected chi connectivity index (χ2v) is 8.01. The van der Waals surface area contributed by atoms with Gasteiger partial charge in [-0.25, -0.2) is 4.98 Å². The molecule has 2 N–H and O–H groups in total. The monoisotopic (exact) mass is 424 g/mol. The molecule has 1 saturated heterocycles. The van der Waals surface area contributed by atoms with Gasteiger partial charge in [-0.3, -0.25) is 14.4 Å². The zero-order chi connectivity index (χ0) is 21.3. The Kier molecular flexibility index (Phi) is 5.37. The van der Waals surface area contributed by atoms with Gasteiger partial charge in [0.2, 0.25) is 17.7 Å². The summed E-state index contributed by atoms with van der Waals surface area (Å²) in [5, 5.41) is 6.01. The summed E-state index contributed by atoms with van der Waals surface area (Å²) in [6.07, 6.45) is 0.140. The highest BCUT2D eigenvalue weighted by Crippen LogP contribution is 2.31. The normalized spacial score (nSPS) is 16.0. The van der Waals surface area contributed by atoms with Gasteiger partial charge in [0, 0.05) is 37.3 Å². The zero-order valence-corrected chi connectivity index (χ0v) is 17.3. The van der Waals surface area contributed by atoms with Gasteiger partial charge < -0.3 is 20.3 Å². The highest BCUT2D eigenvalue weighted by atomic mass is 32.1. The minimum atomic E-state index is -0.467. The van der Waals surface area contributed by atoms with Crippen molar-refractivity contribution in [3.05, 3.63) is 42.5 Å². The van der Waals surface area contributed by atoms with Gasteiger partial charge in [0.15, 0.2) is 5.13 Å². The molecule has 154 valence electrons. The lowest BCUT2D eigenvalue weighted by atomic mass is 10.1. The second-order valence-electron chi connectivity index (χ2n) is 6.98. The Morgan fingerprint density at radius 3 is 2.80 bits per heavy atom. The van der Waals surface area contributed by atoms with Crippen LogP contribution in [0.2, 0.25) is 0 Å². The average Bonchev–Trinajstić information content (AvgIpc) is 3.30. The van der Waals surface area contributed by atoms with E-state index in [1.54, 1.807) is 36.3 Å². The number of thiazole rings is 1. The molecule has 3 amide bonds. The lowest BCUT2D eigenvalue weighted by molar-refractivity contribution is -0.122. The fourth-order valence-corrected chi connectivity index (χ4v) is 4.29. The SMILES string of the molecule is COc1cccc(N2C[C@H](C(=O)Nc3nc4ccc(NC(C)=O)cc4s3)CC2=O)c1. The Labute approximate surface area is 176 Å². The first-order valence-electron chi connectivity index (χ1n) is 9.36. The van der Waals surface area contributed by atoms with Crippen molar-refractivity contribution >= 4 is 55.8 Å². The lowest BCUT2D eigenvalue weighted by Crippen LogP contribution is -2.28. The molecule has 30 heavy (non-hydrogen) atoms. The van der Waals surface area contributed by atoms with Crippen LogP contribution in [0, 0.1) is 5.92 Å². The van der Waals surface area contributed by atoms with Crippen LogP contribution in [-0.4, -0.2) is 36.4 Å². The van der Waals surface area contributed by atoms with Crippen LogP contribution in [0.5, 0.6) is 5.75 Å². The molecule has 0 aliphatic carbocycles. The van der Waals surface area contributed by atoms with Gasteiger partial charge >= 0.3 is 0 Å². The van der Waals surface area contributed by atoms with Gasteiger partial charge in [-0.15, -0.1) is 0 Å². The molecule has 1 atom stereocenters. The van der Waals surface area contributed by atoms with Crippen LogP contribution in [0.4, 0.5) is 16.5 Å². The Morgan fingerprint density at radius 1 is 1.20 bits per heavy atom. The molecular weight excluding hydrogens is 404 g/mol. The number of carbonyl (C=O) groups is 3. The quantitative estimate of drug-likeness (QED) is 0.655. The third kappa shape index (κ3) is 4.11. The van der Waals surface area contributed by atoms with E-state index in [1.165, 1.54) is 18.3 Å². The standard InChI is InChI=1S/C21H20N4O4S/c1-12(26)22-14-6-7-17-18(9-14)30-21(23-17)24-20(28)13-8-19(27)25(11-13)15-4-3-5-16(10-15)29-2/h3-7,9-10,13H,8,11H2,1-2H3,(H,22,26)(H,23,24,28)/t13-/m1/s1. The molecule has 1 aromatic heterocycles. The molecule has 2 heterocycles. The largest absolute Gasteiger partial charge is 0.497 e. The van der Waals surface area contributed by atoms with Gasteiger partial charge in [0.25, 0.3) is 0 Å². The van der Waals surface area contributed by atoms with E-state index in [2.05, 4.69) is 15.6 Å². The van der Waals surface area contributed by atoms with Gasteiger partial charge in [-0.1, -0.05) is 17.4 Å². The van der Waals surface area contributed by atoms with Crippen molar-refractivity contribution in [2.24, 2.45) is 5.92 Å². The maximum Gasteiger partial charge on any atom is 0.231 e. The Balaban J connectivity index is 1.46. The summed E-state index contributed by atoms with van der Waals surface area (Å²) in [6.45, 7) is 1.75. The number of rotatable bonds is 5. The van der Waals surface area contributed by atoms with E-state index >= 15 is 0 Å². The predicted octanol–water partition coefficient (Wildman–Crippen LogP) is 3.25. The Bertz CT molecular complexity index is 1140. The Morgan fingerprint density at radius 2 is 2.03 bits per heavy atom. The molecule has 1 aliphatic heterocycles. The smallest absolute Gasteiger partial charge is 0.231 e. The van der Waals surface area contributed by atoms with E-state index in [9.17, 15) is 14.4 Å². The summed E-state index contributed by atoms with van der Waals surface area (Å²) in [5.74, 6) is -0.312. The van der Waals surface area contributed by atoms with Crippen LogP contribution >= 0.6 is 11.3 Å². The minimum Gasteiger partial charge on any atom is -0.497 e. The number of hydrogen-bond donors (Lipinski definition) is 2. The maximum absolute atomic E-state index is 12.7. The summed E-state index contributed by atoms with van der Waals surface area (Å²) in [6, 6.07) is 12.6. The fraction of sp³-hybridized carbons (Fsp3) is 0.238. The average molecular weight is 424 g/mol. The number of nitrogens with zero attached hydrogens (tertiary/aromatic N) is 2. The molecular formula is C21H20N4O4S. The van der Waals surface area contributed by atoms with Crippen LogP contribution in [0.25, 0.3) is 10.2 Å². The molecule has 4 rings (SSSR count). The van der Waals surface area contributed by atoms with E-state index in [1.807, 2.05) is 18.2 Å². The summed E-state index contributed by atoms with van der Waals surface area (Å²) in [7, 11) is 1.57. The number of fused-ring (bicyclic) bond motifs is 1. The predicted molar refractivity (Wildman–Crippen MR) is 116 cm³/mol. The van der Waals surface area contributed by atoms with Crippen molar-refractivity contribution in [3.63, 3.8) is 0 Å². The summed E-state index contributed by atoms with van der Waals surface area (Å²) in [4.78, 5) is 42.5. The van der Waals surface area contributed by atoms with E-state index in [-0.39, 0.29) is 24.1 Å². The van der Waals surface area contributed by atoms with Gasteiger partial charge in [0.1, 0.15) is 5.75 Å². The van der Waals surface area contributed by atoms with Crippen molar-refractivity contribution in [2.75, 3.05) is 29.2 Å². The van der Waals surface area contributed by atoms with Gasteiger partial charge in [-0.2, -0.15) is 0 Å². The van der Waals surface area contributed by atoms with Crippen molar-refractivity contribution in [1.82, 2.24) is 4.98 Å². The van der Waals surface area contributed by atoms with Gasteiger partial charge in [-0.05, 0) is 30.3 Å². The second kappa shape index (κ2) is 8.11. The zero-order valence-electron chi connectivity index (χ0n) is 16.5. The van der Waals surface area contributed by atoms with Crippen molar-refractivity contribution in [1.29, 1.82) is 0 Å². The molecule has 0 spiro atoms. The number of amides is 3. The molecule has 0 radical (unpaired) electrons. The number of methoxy groups -OCH3 is 1. The lowest BCUT2D eigenvalue weighted by Gasteiger charge is -2.17. The van der Waals surface area contributed by atoms with E-state index in [0.717, 1.165) is 10.2 Å². The van der Waals surface area contributed by atoms with E-state index in [4.69, 9.17) is 4.74 Å². The van der Waals surface area contributed by atoms with Crippen LogP contribution < -0.4 is 20.3 Å². The maximum atomic E-state index is 12.7. The van der Waals surface area contributed by atoms with Crippen LogP contribution in [0.15, 0.2) is 42.5 Å². The number of anilines is 3. The molecule has 2 aromatic carbocycles. The van der Waals surface area contributed by atoms with Crippen molar-refractivity contribution in [3.8, 4) is 5.75 Å². The number of nitrogens with one attached hydrogen (secondary N) is 2. The van der Waals surface area contributed by atoms with Gasteiger partial charge in [0.05, 0.1) is 23.2 Å². The van der Waals surface area contributed by atoms with Crippen LogP contribution in [-0.2, 0) is 14.4 Å². The number of hydrogen-bond acceptors (Lipinski definition) is 6. The highest BCUT2D eigenvalue weighted by molar-refractivity contribution is 7.22. The fourth-order valence-electron chi connectivity index (χ4n) is 3.38. The highest BCUT2D eigenvalue weighted by Gasteiger charge is 2.35. The third-order valence-electron chi connectivity index (χ3n) is 4.80. The summed E-state index contributed by atoms with van der Waals surface area (Å²) in [5.41, 5.74) is 2.11. The van der Waals surface area contributed by atoms with Crippen molar-refractivity contribution in [2.45, 2.75) is 13.3 Å². The molecule has 0 unspecified atom stereocenters. The first-order chi connectivity index (χ1) is 14.4. The first-order valence-corrected chi connectivity index (χ1v) is 10.2. The van der Waals surface area contributed by atoms with Crippen LogP contribution in [0.1, 0.15) is 13.3 Å². The van der Waals surface area contributed by atoms with E-state index < -0.39 is 5.92 Å². The molecule has 8 nitrogen and oxygen atoms in total. The topological polar surface area (TPSA) is 101 Å². The molecule has 3 aromatic rings. The molecule has 0 bridgehead atoms.